The molecule has 10 heavy (non-hydrogen) atoms. The third kappa shape index (κ3) is 0.731. The first-order chi connectivity index (χ1) is 4.54. The highest BCUT2D eigenvalue weighted by atomic mass is 16.3. The van der Waals surface area contributed by atoms with Crippen LogP contribution in [-0.2, 0) is 0 Å². The van der Waals surface area contributed by atoms with Gasteiger partial charge in [-0.1, -0.05) is 13.8 Å². The Morgan fingerprint density at radius 3 is 2.10 bits per heavy atom. The van der Waals surface area contributed by atoms with Crippen LogP contribution in [0.25, 0.3) is 0 Å². The second-order valence-corrected chi connectivity index (χ2v) is 4.85. The largest absolute Gasteiger partial charge is 0.390 e. The van der Waals surface area contributed by atoms with Gasteiger partial charge in [0.25, 0.3) is 0 Å². The van der Waals surface area contributed by atoms with Gasteiger partial charge in [0.05, 0.1) is 5.60 Å². The van der Waals surface area contributed by atoms with Gasteiger partial charge >= 0.3 is 0 Å². The van der Waals surface area contributed by atoms with E-state index in [-0.39, 0.29) is 5.60 Å². The number of hydrogen-bond donors (Lipinski definition) is 1. The van der Waals surface area contributed by atoms with Gasteiger partial charge in [-0.3, -0.25) is 0 Å². The van der Waals surface area contributed by atoms with Crippen molar-refractivity contribution in [1.82, 2.24) is 0 Å². The van der Waals surface area contributed by atoms with Gasteiger partial charge in [0, 0.05) is 0 Å². The summed E-state index contributed by atoms with van der Waals surface area (Å²) in [5, 5.41) is 9.46. The van der Waals surface area contributed by atoms with Gasteiger partial charge in [-0.25, -0.2) is 0 Å². The topological polar surface area (TPSA) is 20.2 Å². The van der Waals surface area contributed by atoms with Crippen LogP contribution < -0.4 is 0 Å². The molecular formula is C9H16O. The highest BCUT2D eigenvalue weighted by Crippen LogP contribution is 2.69. The molecule has 3 rings (SSSR count). The second-order valence-electron chi connectivity index (χ2n) is 4.85. The zero-order valence-electron chi connectivity index (χ0n) is 6.85. The molecule has 1 N–H and O–H groups in total. The molecule has 58 valence electrons. The van der Waals surface area contributed by atoms with E-state index in [0.29, 0.717) is 5.41 Å². The van der Waals surface area contributed by atoms with Crippen molar-refractivity contribution in [2.75, 3.05) is 0 Å². The molecule has 0 aromatic heterocycles. The molecule has 0 aromatic rings. The first-order valence-electron chi connectivity index (χ1n) is 4.26. The number of hydrogen-bond acceptors (Lipinski definition) is 1. The van der Waals surface area contributed by atoms with Crippen LogP contribution in [0.15, 0.2) is 0 Å². The lowest BCUT2D eigenvalue weighted by Gasteiger charge is -2.68. The predicted molar refractivity (Wildman–Crippen MR) is 40.7 cm³/mol. The van der Waals surface area contributed by atoms with Crippen molar-refractivity contribution in [2.24, 2.45) is 11.3 Å². The molecule has 0 heterocycles. The van der Waals surface area contributed by atoms with Crippen molar-refractivity contribution in [2.45, 2.75) is 45.1 Å². The molecule has 3 fully saturated rings. The maximum atomic E-state index is 9.46. The Morgan fingerprint density at radius 2 is 1.80 bits per heavy atom. The Kier molecular flexibility index (Phi) is 1.05. The molecular weight excluding hydrogens is 124 g/mol. The van der Waals surface area contributed by atoms with E-state index in [1.807, 2.05) is 0 Å². The second kappa shape index (κ2) is 1.58. The maximum absolute atomic E-state index is 9.46. The Labute approximate surface area is 62.4 Å². The fraction of sp³-hybridized carbons (Fsp3) is 1.00. The van der Waals surface area contributed by atoms with E-state index in [1.54, 1.807) is 0 Å². The van der Waals surface area contributed by atoms with Gasteiger partial charge in [-0.15, -0.1) is 0 Å². The maximum Gasteiger partial charge on any atom is 0.0663 e. The van der Waals surface area contributed by atoms with Crippen molar-refractivity contribution >= 4 is 0 Å². The minimum absolute atomic E-state index is 0.186. The Morgan fingerprint density at radius 1 is 1.30 bits per heavy atom. The van der Waals surface area contributed by atoms with E-state index < -0.39 is 0 Å². The minimum Gasteiger partial charge on any atom is -0.390 e. The van der Waals surface area contributed by atoms with E-state index in [9.17, 15) is 5.11 Å². The normalized spacial score (nSPS) is 50.4. The Bertz CT molecular complexity index is 140. The van der Waals surface area contributed by atoms with Crippen molar-refractivity contribution in [3.63, 3.8) is 0 Å². The fourth-order valence-corrected chi connectivity index (χ4v) is 3.02. The molecule has 0 atom stereocenters. The smallest absolute Gasteiger partial charge is 0.0663 e. The van der Waals surface area contributed by atoms with Gasteiger partial charge in [0.1, 0.15) is 0 Å². The first kappa shape index (κ1) is 6.66. The SMILES string of the molecule is CC(C)CC12CC(O)(C1)C2. The molecule has 3 aliphatic carbocycles. The molecule has 0 aliphatic heterocycles. The third-order valence-corrected chi connectivity index (χ3v) is 2.95. The first-order valence-corrected chi connectivity index (χ1v) is 4.26. The van der Waals surface area contributed by atoms with Crippen LogP contribution in [0.1, 0.15) is 39.5 Å². The average Bonchev–Trinajstić information content (AvgIpc) is 1.56. The highest BCUT2D eigenvalue weighted by Gasteiger charge is 2.66. The highest BCUT2D eigenvalue weighted by molar-refractivity contribution is 5.18. The van der Waals surface area contributed by atoms with Crippen LogP contribution in [-0.4, -0.2) is 10.7 Å². The molecule has 3 saturated carbocycles. The summed E-state index contributed by atoms with van der Waals surface area (Å²) in [4.78, 5) is 0. The fourth-order valence-electron chi connectivity index (χ4n) is 3.02. The third-order valence-electron chi connectivity index (χ3n) is 2.95. The molecule has 0 amide bonds. The summed E-state index contributed by atoms with van der Waals surface area (Å²) >= 11 is 0. The van der Waals surface area contributed by atoms with Gasteiger partial charge in [-0.2, -0.15) is 0 Å². The average molecular weight is 140 g/mol. The Hall–Kier alpha value is -0.0400. The summed E-state index contributed by atoms with van der Waals surface area (Å²) in [5.74, 6) is 0.810. The molecule has 0 radical (unpaired) electrons. The van der Waals surface area contributed by atoms with E-state index in [0.717, 1.165) is 25.2 Å². The van der Waals surface area contributed by atoms with E-state index in [2.05, 4.69) is 13.8 Å². The monoisotopic (exact) mass is 140 g/mol. The zero-order valence-corrected chi connectivity index (χ0v) is 6.85. The lowest BCUT2D eigenvalue weighted by atomic mass is 9.39. The van der Waals surface area contributed by atoms with Crippen LogP contribution in [0, 0.1) is 11.3 Å². The zero-order chi connectivity index (χ0) is 7.41. The van der Waals surface area contributed by atoms with E-state index >= 15 is 0 Å². The molecule has 2 bridgehead atoms. The summed E-state index contributed by atoms with van der Waals surface area (Å²) in [6, 6.07) is 0. The lowest BCUT2D eigenvalue weighted by molar-refractivity contribution is -0.265. The molecule has 1 nitrogen and oxygen atoms in total. The quantitative estimate of drug-likeness (QED) is 0.621. The summed E-state index contributed by atoms with van der Waals surface area (Å²) in [6.07, 6.45) is 4.61. The van der Waals surface area contributed by atoms with Crippen LogP contribution in [0.4, 0.5) is 0 Å². The Balaban J connectivity index is 1.87. The van der Waals surface area contributed by atoms with Gasteiger partial charge < -0.3 is 5.11 Å². The molecule has 3 aliphatic rings. The molecule has 0 unspecified atom stereocenters. The van der Waals surface area contributed by atoms with Crippen molar-refractivity contribution in [3.05, 3.63) is 0 Å². The van der Waals surface area contributed by atoms with Crippen LogP contribution in [0.3, 0.4) is 0 Å². The predicted octanol–water partition coefficient (Wildman–Crippen LogP) is 1.95. The van der Waals surface area contributed by atoms with Gasteiger partial charge in [-0.05, 0) is 37.0 Å². The number of rotatable bonds is 2. The molecule has 0 aromatic carbocycles. The van der Waals surface area contributed by atoms with E-state index in [4.69, 9.17) is 0 Å². The van der Waals surface area contributed by atoms with Crippen molar-refractivity contribution < 1.29 is 5.11 Å². The van der Waals surface area contributed by atoms with Crippen LogP contribution in [0.5, 0.6) is 0 Å². The standard InChI is InChI=1S/C9H16O/c1-7(2)3-8-4-9(10,5-8)6-8/h7,10H,3-6H2,1-2H3. The minimum atomic E-state index is -0.186. The van der Waals surface area contributed by atoms with Crippen LogP contribution >= 0.6 is 0 Å². The van der Waals surface area contributed by atoms with Crippen molar-refractivity contribution in [1.29, 1.82) is 0 Å². The molecule has 0 spiro atoms. The lowest BCUT2D eigenvalue weighted by Crippen LogP contribution is -2.67. The summed E-state index contributed by atoms with van der Waals surface area (Å²) < 4.78 is 0. The summed E-state index contributed by atoms with van der Waals surface area (Å²) in [7, 11) is 0. The molecule has 1 heteroatoms. The summed E-state index contributed by atoms with van der Waals surface area (Å²) in [6.45, 7) is 4.54. The van der Waals surface area contributed by atoms with Crippen molar-refractivity contribution in [3.8, 4) is 0 Å². The number of aliphatic hydroxyl groups is 1. The van der Waals surface area contributed by atoms with Gasteiger partial charge in [0.15, 0.2) is 0 Å². The summed E-state index contributed by atoms with van der Waals surface area (Å²) in [5.41, 5.74) is 0.414. The van der Waals surface area contributed by atoms with Gasteiger partial charge in [0.2, 0.25) is 0 Å². The van der Waals surface area contributed by atoms with Crippen LogP contribution in [0.2, 0.25) is 0 Å². The van der Waals surface area contributed by atoms with E-state index in [1.165, 1.54) is 6.42 Å². The molecule has 0 saturated heterocycles.